The van der Waals surface area contributed by atoms with Crippen molar-refractivity contribution in [2.45, 2.75) is 51.7 Å². The fraction of sp³-hybridized carbons (Fsp3) is 0.378. The number of rotatable bonds is 8. The van der Waals surface area contributed by atoms with E-state index >= 15 is 4.39 Å². The van der Waals surface area contributed by atoms with Gasteiger partial charge in [0.1, 0.15) is 29.7 Å². The van der Waals surface area contributed by atoms with Crippen molar-refractivity contribution >= 4 is 5.91 Å². The van der Waals surface area contributed by atoms with Crippen LogP contribution in [0, 0.1) is 11.6 Å². The lowest BCUT2D eigenvalue weighted by molar-refractivity contribution is -0.129. The van der Waals surface area contributed by atoms with Crippen LogP contribution in [0.15, 0.2) is 49.1 Å². The topological polar surface area (TPSA) is 72.7 Å². The molecule has 0 bridgehead atoms. The molecule has 3 aliphatic rings. The van der Waals surface area contributed by atoms with Crippen molar-refractivity contribution < 1.29 is 23.0 Å². The van der Waals surface area contributed by atoms with Crippen LogP contribution >= 0.6 is 0 Å². The minimum Gasteiger partial charge on any atom is -0.490 e. The molecule has 0 saturated carbocycles. The largest absolute Gasteiger partial charge is 0.490 e. The number of aromatic nitrogens is 3. The van der Waals surface area contributed by atoms with Crippen molar-refractivity contribution in [3.63, 3.8) is 0 Å². The molecule has 4 heterocycles. The first kappa shape index (κ1) is 31.2. The minimum atomic E-state index is -0.723. The summed E-state index contributed by atoms with van der Waals surface area (Å²) in [5.74, 6) is -1.49. The Morgan fingerprint density at radius 2 is 1.83 bits per heavy atom. The molecule has 1 atom stereocenters. The number of nitrogens with zero attached hydrogens (tertiary/aromatic N) is 5. The first-order valence-corrected chi connectivity index (χ1v) is 16.3. The van der Waals surface area contributed by atoms with Crippen molar-refractivity contribution in [1.29, 1.82) is 0 Å². The molecule has 2 aromatic heterocycles. The van der Waals surface area contributed by atoms with E-state index in [1.807, 2.05) is 17.7 Å². The van der Waals surface area contributed by atoms with Crippen LogP contribution in [-0.4, -0.2) is 70.9 Å². The van der Waals surface area contributed by atoms with Gasteiger partial charge in [-0.15, -0.1) is 0 Å². The summed E-state index contributed by atoms with van der Waals surface area (Å²) < 4.78 is 43.8. The van der Waals surface area contributed by atoms with Gasteiger partial charge in [0.15, 0.2) is 0 Å². The monoisotopic (exact) mass is 639 g/mol. The predicted octanol–water partition coefficient (Wildman–Crippen LogP) is 6.15. The van der Waals surface area contributed by atoms with E-state index in [9.17, 15) is 9.18 Å². The Kier molecular flexibility index (Phi) is 8.40. The molecule has 8 nitrogen and oxygen atoms in total. The van der Waals surface area contributed by atoms with Crippen molar-refractivity contribution in [1.82, 2.24) is 24.6 Å². The number of fused-ring (bicyclic) bond motifs is 3. The lowest BCUT2D eigenvalue weighted by Gasteiger charge is -2.33. The second kappa shape index (κ2) is 12.7. The predicted molar refractivity (Wildman–Crippen MR) is 176 cm³/mol. The third-order valence-electron chi connectivity index (χ3n) is 9.72. The summed E-state index contributed by atoms with van der Waals surface area (Å²) in [4.78, 5) is 22.1. The summed E-state index contributed by atoms with van der Waals surface area (Å²) in [6.45, 7) is 8.90. The first-order chi connectivity index (χ1) is 22.8. The van der Waals surface area contributed by atoms with Gasteiger partial charge >= 0.3 is 0 Å². The zero-order valence-electron chi connectivity index (χ0n) is 27.1. The lowest BCUT2D eigenvalue weighted by atomic mass is 9.89. The Bertz CT molecular complexity index is 1890. The van der Waals surface area contributed by atoms with Crippen LogP contribution in [0.3, 0.4) is 0 Å². The fourth-order valence-electron chi connectivity index (χ4n) is 7.38. The average Bonchev–Trinajstić information content (AvgIpc) is 3.72. The summed E-state index contributed by atoms with van der Waals surface area (Å²) in [5.41, 5.74) is 9.22. The molecule has 0 saturated heterocycles. The lowest BCUT2D eigenvalue weighted by Crippen LogP contribution is -2.40. The maximum Gasteiger partial charge on any atom is 0.246 e. The highest BCUT2D eigenvalue weighted by atomic mass is 19.1. The molecule has 2 aliphatic heterocycles. The van der Waals surface area contributed by atoms with Crippen LogP contribution in [0.5, 0.6) is 5.75 Å². The zero-order valence-corrected chi connectivity index (χ0v) is 27.1. The Morgan fingerprint density at radius 3 is 2.64 bits per heavy atom. The number of likely N-dealkylation sites (N-methyl/N-ethyl adjacent to an activating group) is 1. The van der Waals surface area contributed by atoms with E-state index in [1.165, 1.54) is 23.3 Å². The number of halogens is 2. The van der Waals surface area contributed by atoms with Gasteiger partial charge in [0.25, 0.3) is 0 Å². The van der Waals surface area contributed by atoms with Gasteiger partial charge in [-0.25, -0.2) is 13.8 Å². The molecule has 1 amide bonds. The van der Waals surface area contributed by atoms with Gasteiger partial charge in [-0.3, -0.25) is 9.48 Å². The Balaban J connectivity index is 1.46. The molecule has 10 heteroatoms. The second-order valence-corrected chi connectivity index (χ2v) is 12.7. The highest BCUT2D eigenvalue weighted by Crippen LogP contribution is 2.47. The van der Waals surface area contributed by atoms with E-state index in [-0.39, 0.29) is 36.5 Å². The molecule has 0 N–H and O–H groups in total. The van der Waals surface area contributed by atoms with Crippen molar-refractivity contribution in [2.75, 3.05) is 40.5 Å². The summed E-state index contributed by atoms with van der Waals surface area (Å²) in [7, 11) is 3.68. The normalized spacial score (nSPS) is 17.3. The Hall–Kier alpha value is -4.41. The van der Waals surface area contributed by atoms with E-state index in [4.69, 9.17) is 19.6 Å². The number of carbonyl (C=O) groups excluding carboxylic acids is 1. The Labute approximate surface area is 273 Å². The smallest absolute Gasteiger partial charge is 0.246 e. The van der Waals surface area contributed by atoms with Crippen LogP contribution in [0.1, 0.15) is 47.3 Å². The van der Waals surface area contributed by atoms with Gasteiger partial charge in [0.2, 0.25) is 5.91 Å². The average molecular weight is 640 g/mol. The van der Waals surface area contributed by atoms with Gasteiger partial charge in [-0.2, -0.15) is 5.10 Å². The van der Waals surface area contributed by atoms with E-state index in [0.29, 0.717) is 36.5 Å². The highest BCUT2D eigenvalue weighted by Gasteiger charge is 2.33. The number of pyridine rings is 1. The van der Waals surface area contributed by atoms with E-state index in [0.717, 1.165) is 66.5 Å². The van der Waals surface area contributed by atoms with Gasteiger partial charge in [-0.05, 0) is 80.1 Å². The van der Waals surface area contributed by atoms with Gasteiger partial charge in [-0.1, -0.05) is 18.7 Å². The number of methoxy groups -OCH3 is 1. The SMILES string of the molecule is C=CC(=O)N1CCn2nc(-c3nc(-c4ccc5c(c4)CN(C)CC5)c4c(c3-c3c(F)cc(F)cc3OCCOC)CCC4)cc2C1C. The molecular weight excluding hydrogens is 600 g/mol. The number of amides is 1. The van der Waals surface area contributed by atoms with Crippen molar-refractivity contribution in [3.05, 3.63) is 88.6 Å². The number of carbonyl (C=O) groups is 1. The number of hydrogen-bond donors (Lipinski definition) is 0. The van der Waals surface area contributed by atoms with E-state index in [2.05, 4.69) is 36.7 Å². The molecule has 4 aromatic rings. The molecular formula is C37H39F2N5O3. The zero-order chi connectivity index (χ0) is 32.8. The summed E-state index contributed by atoms with van der Waals surface area (Å²) in [5, 5.41) is 5.00. The molecule has 0 radical (unpaired) electrons. The maximum atomic E-state index is 16.1. The van der Waals surface area contributed by atoms with Crippen LogP contribution in [0.25, 0.3) is 33.8 Å². The molecule has 244 valence electrons. The second-order valence-electron chi connectivity index (χ2n) is 12.7. The number of ether oxygens (including phenoxy) is 2. The summed E-state index contributed by atoms with van der Waals surface area (Å²) in [6, 6.07) is 10.4. The third kappa shape index (κ3) is 5.63. The van der Waals surface area contributed by atoms with Crippen LogP contribution in [0.2, 0.25) is 0 Å². The van der Waals surface area contributed by atoms with Crippen molar-refractivity contribution in [3.8, 4) is 39.5 Å². The summed E-state index contributed by atoms with van der Waals surface area (Å²) >= 11 is 0. The Morgan fingerprint density at radius 1 is 1.00 bits per heavy atom. The molecule has 7 rings (SSSR count). The fourth-order valence-corrected chi connectivity index (χ4v) is 7.38. The number of hydrogen-bond acceptors (Lipinski definition) is 6. The molecule has 47 heavy (non-hydrogen) atoms. The molecule has 1 aliphatic carbocycles. The van der Waals surface area contributed by atoms with Crippen LogP contribution in [-0.2, 0) is 41.9 Å². The number of benzene rings is 2. The third-order valence-corrected chi connectivity index (χ3v) is 9.72. The first-order valence-electron chi connectivity index (χ1n) is 16.3. The highest BCUT2D eigenvalue weighted by molar-refractivity contribution is 5.90. The van der Waals surface area contributed by atoms with Crippen molar-refractivity contribution in [2.24, 2.45) is 0 Å². The van der Waals surface area contributed by atoms with Crippen LogP contribution in [0.4, 0.5) is 8.78 Å². The molecule has 0 spiro atoms. The maximum absolute atomic E-state index is 16.1. The van der Waals surface area contributed by atoms with Gasteiger partial charge in [0, 0.05) is 50.0 Å². The van der Waals surface area contributed by atoms with Crippen LogP contribution < -0.4 is 4.74 Å². The van der Waals surface area contributed by atoms with E-state index in [1.54, 1.807) is 12.0 Å². The molecule has 2 aromatic carbocycles. The molecule has 1 unspecified atom stereocenters. The minimum absolute atomic E-state index is 0.0985. The van der Waals surface area contributed by atoms with Gasteiger partial charge < -0.3 is 19.3 Å². The quantitative estimate of drug-likeness (QED) is 0.170. The van der Waals surface area contributed by atoms with E-state index < -0.39 is 11.6 Å². The van der Waals surface area contributed by atoms with Gasteiger partial charge in [0.05, 0.1) is 41.8 Å². The summed E-state index contributed by atoms with van der Waals surface area (Å²) in [6.07, 6.45) is 4.71. The molecule has 0 fully saturated rings. The standard InChI is InChI=1S/C37H39F2N5O3/c1-5-33(45)43-13-14-44-31(22(43)2)20-30(41-44)37-34(35-29(39)18-26(38)19-32(35)47-16-15-46-4)27-7-6-8-28(27)36(40-37)24-10-9-23-11-12-42(3)21-25(23)17-24/h5,9-10,17-20,22H,1,6-8,11-16,21H2,2-4H3.